The predicted molar refractivity (Wildman–Crippen MR) is 104 cm³/mol. The zero-order valence-corrected chi connectivity index (χ0v) is 15.9. The Kier molecular flexibility index (Phi) is 4.84. The molecule has 7 heteroatoms. The van der Waals surface area contributed by atoms with Crippen LogP contribution in [0.15, 0.2) is 42.5 Å². The van der Waals surface area contributed by atoms with Crippen LogP contribution in [0.25, 0.3) is 0 Å². The fourth-order valence-electron chi connectivity index (χ4n) is 3.72. The third kappa shape index (κ3) is 3.86. The number of alkyl halides is 2. The summed E-state index contributed by atoms with van der Waals surface area (Å²) in [6.45, 7) is 2.19. The number of anilines is 2. The molecule has 1 heterocycles. The topological polar surface area (TPSA) is 49.4 Å². The molecule has 29 heavy (non-hydrogen) atoms. The number of hydrogen-bond donors (Lipinski definition) is 1. The summed E-state index contributed by atoms with van der Waals surface area (Å²) in [7, 11) is 0. The highest BCUT2D eigenvalue weighted by atomic mass is 19.3. The highest BCUT2D eigenvalue weighted by Crippen LogP contribution is 2.50. The molecule has 2 unspecified atom stereocenters. The first-order valence-electron chi connectivity index (χ1n) is 9.65. The first kappa shape index (κ1) is 19.5. The van der Waals surface area contributed by atoms with E-state index in [4.69, 9.17) is 0 Å². The van der Waals surface area contributed by atoms with Crippen LogP contribution in [-0.4, -0.2) is 24.3 Å². The van der Waals surface area contributed by atoms with Crippen molar-refractivity contribution in [3.05, 3.63) is 59.4 Å². The normalized spacial score (nSPS) is 20.6. The smallest absolute Gasteiger partial charge is 0.260 e. The van der Waals surface area contributed by atoms with Gasteiger partial charge in [-0.25, -0.2) is 13.2 Å². The maximum Gasteiger partial charge on any atom is 0.260 e. The van der Waals surface area contributed by atoms with Crippen LogP contribution in [0.5, 0.6) is 0 Å². The van der Waals surface area contributed by atoms with E-state index < -0.39 is 23.7 Å². The number of carbonyl (C=O) groups is 2. The lowest BCUT2D eigenvalue weighted by atomic mass is 9.93. The summed E-state index contributed by atoms with van der Waals surface area (Å²) in [6.07, 6.45) is 1.04. The van der Waals surface area contributed by atoms with Crippen molar-refractivity contribution in [3.63, 3.8) is 0 Å². The number of amides is 2. The maximum absolute atomic E-state index is 13.3. The molecule has 2 atom stereocenters. The van der Waals surface area contributed by atoms with Crippen LogP contribution in [0.1, 0.15) is 36.8 Å². The van der Waals surface area contributed by atoms with Crippen LogP contribution >= 0.6 is 0 Å². The summed E-state index contributed by atoms with van der Waals surface area (Å²) < 4.78 is 39.7. The second-order valence-corrected chi connectivity index (χ2v) is 7.72. The Morgan fingerprint density at radius 2 is 1.86 bits per heavy atom. The number of nitrogens with one attached hydrogen (secondary N) is 1. The van der Waals surface area contributed by atoms with E-state index in [1.165, 1.54) is 29.2 Å². The van der Waals surface area contributed by atoms with Crippen molar-refractivity contribution in [2.45, 2.75) is 38.0 Å². The van der Waals surface area contributed by atoms with Gasteiger partial charge >= 0.3 is 0 Å². The second-order valence-electron chi connectivity index (χ2n) is 7.72. The maximum atomic E-state index is 13.3. The van der Waals surface area contributed by atoms with Crippen LogP contribution in [-0.2, 0) is 16.0 Å². The van der Waals surface area contributed by atoms with Crippen molar-refractivity contribution in [1.29, 1.82) is 0 Å². The monoisotopic (exact) mass is 402 g/mol. The standard InChI is InChI=1S/C22H21F3N2O2/c1-13(20(28)26-17-7-5-16(23)6-8-17)14-4-9-19-15(11-14)3-2-10-27(19)21(29)18-12-22(18,24)25/h4-9,11,13,18H,2-3,10,12H2,1H3,(H,26,28). The number of carbonyl (C=O) groups excluding carboxylic acids is 2. The minimum atomic E-state index is -2.89. The Labute approximate surface area is 166 Å². The van der Waals surface area contributed by atoms with Gasteiger partial charge in [-0.2, -0.15) is 0 Å². The van der Waals surface area contributed by atoms with E-state index >= 15 is 0 Å². The molecule has 1 N–H and O–H groups in total. The van der Waals surface area contributed by atoms with Crippen molar-refractivity contribution >= 4 is 23.2 Å². The highest BCUT2D eigenvalue weighted by Gasteiger charge is 2.62. The molecule has 1 aliphatic carbocycles. The van der Waals surface area contributed by atoms with Gasteiger partial charge in [0.25, 0.3) is 5.92 Å². The average Bonchev–Trinajstić information content (AvgIpc) is 3.35. The van der Waals surface area contributed by atoms with Crippen LogP contribution < -0.4 is 10.2 Å². The molecule has 2 aliphatic rings. The molecule has 2 aromatic rings. The van der Waals surface area contributed by atoms with Gasteiger partial charge in [0, 0.05) is 24.3 Å². The average molecular weight is 402 g/mol. The number of aryl methyl sites for hydroxylation is 1. The number of hydrogen-bond acceptors (Lipinski definition) is 2. The van der Waals surface area contributed by atoms with E-state index in [1.54, 1.807) is 19.1 Å². The quantitative estimate of drug-likeness (QED) is 0.819. The minimum Gasteiger partial charge on any atom is -0.326 e. The van der Waals surface area contributed by atoms with Gasteiger partial charge in [-0.15, -0.1) is 0 Å². The molecule has 4 nitrogen and oxygen atoms in total. The highest BCUT2D eigenvalue weighted by molar-refractivity contribution is 5.99. The lowest BCUT2D eigenvalue weighted by molar-refractivity contribution is -0.122. The second kappa shape index (κ2) is 7.21. The van der Waals surface area contributed by atoms with Crippen LogP contribution in [0.2, 0.25) is 0 Å². The van der Waals surface area contributed by atoms with Crippen LogP contribution in [0.3, 0.4) is 0 Å². The fourth-order valence-corrected chi connectivity index (χ4v) is 3.72. The molecule has 152 valence electrons. The molecular formula is C22H21F3N2O2. The summed E-state index contributed by atoms with van der Waals surface area (Å²) in [5, 5.41) is 2.75. The van der Waals surface area contributed by atoms with Gasteiger partial charge in [0.15, 0.2) is 0 Å². The number of nitrogens with zero attached hydrogens (tertiary/aromatic N) is 1. The first-order chi connectivity index (χ1) is 13.8. The summed E-state index contributed by atoms with van der Waals surface area (Å²) in [5.41, 5.74) is 2.81. The van der Waals surface area contributed by atoms with Crippen LogP contribution in [0.4, 0.5) is 24.5 Å². The SMILES string of the molecule is CC(C(=O)Nc1ccc(F)cc1)c1ccc2c(c1)CCCN2C(=O)C1CC1(F)F. The summed E-state index contributed by atoms with van der Waals surface area (Å²) in [5.74, 6) is -5.71. The molecule has 0 bridgehead atoms. The Hall–Kier alpha value is -2.83. The largest absolute Gasteiger partial charge is 0.326 e. The van der Waals surface area contributed by atoms with Crippen molar-refractivity contribution in [3.8, 4) is 0 Å². The van der Waals surface area contributed by atoms with E-state index in [0.29, 0.717) is 24.3 Å². The lowest BCUT2D eigenvalue weighted by Crippen LogP contribution is -2.37. The molecule has 2 aromatic carbocycles. The van der Waals surface area contributed by atoms with E-state index in [0.717, 1.165) is 17.5 Å². The van der Waals surface area contributed by atoms with Crippen molar-refractivity contribution in [2.75, 3.05) is 16.8 Å². The Balaban J connectivity index is 1.50. The molecule has 1 aliphatic heterocycles. The van der Waals surface area contributed by atoms with E-state index in [-0.39, 0.29) is 18.1 Å². The van der Waals surface area contributed by atoms with E-state index in [1.807, 2.05) is 6.07 Å². The number of halogens is 3. The molecule has 0 aromatic heterocycles. The number of rotatable bonds is 4. The third-order valence-corrected chi connectivity index (χ3v) is 5.62. The third-order valence-electron chi connectivity index (χ3n) is 5.62. The number of fused-ring (bicyclic) bond motifs is 1. The fraction of sp³-hybridized carbons (Fsp3) is 0.364. The summed E-state index contributed by atoms with van der Waals surface area (Å²) in [4.78, 5) is 26.5. The van der Waals surface area contributed by atoms with Crippen molar-refractivity contribution in [2.24, 2.45) is 5.92 Å². The Morgan fingerprint density at radius 1 is 1.17 bits per heavy atom. The molecular weight excluding hydrogens is 381 g/mol. The summed E-state index contributed by atoms with van der Waals surface area (Å²) in [6, 6.07) is 10.9. The van der Waals surface area contributed by atoms with Crippen molar-refractivity contribution in [1.82, 2.24) is 0 Å². The zero-order chi connectivity index (χ0) is 20.8. The molecule has 0 radical (unpaired) electrons. The predicted octanol–water partition coefficient (Wildman–Crippen LogP) is 4.50. The molecule has 1 saturated carbocycles. The number of benzene rings is 2. The zero-order valence-electron chi connectivity index (χ0n) is 15.9. The van der Waals surface area contributed by atoms with E-state index in [9.17, 15) is 22.8 Å². The van der Waals surface area contributed by atoms with Gasteiger partial charge in [0.1, 0.15) is 11.7 Å². The van der Waals surface area contributed by atoms with Gasteiger partial charge in [-0.05, 0) is 61.2 Å². The van der Waals surface area contributed by atoms with Gasteiger partial charge in [-0.1, -0.05) is 12.1 Å². The van der Waals surface area contributed by atoms with Gasteiger partial charge in [-0.3, -0.25) is 9.59 Å². The van der Waals surface area contributed by atoms with Crippen LogP contribution in [0, 0.1) is 11.7 Å². The van der Waals surface area contributed by atoms with Gasteiger partial charge < -0.3 is 10.2 Å². The van der Waals surface area contributed by atoms with Gasteiger partial charge in [0.2, 0.25) is 11.8 Å². The van der Waals surface area contributed by atoms with E-state index in [2.05, 4.69) is 5.32 Å². The molecule has 4 rings (SSSR count). The van der Waals surface area contributed by atoms with Gasteiger partial charge in [0.05, 0.1) is 5.92 Å². The lowest BCUT2D eigenvalue weighted by Gasteiger charge is -2.30. The minimum absolute atomic E-state index is 0.238. The molecule has 1 fully saturated rings. The Bertz CT molecular complexity index is 959. The Morgan fingerprint density at radius 3 is 2.52 bits per heavy atom. The first-order valence-corrected chi connectivity index (χ1v) is 9.65. The molecule has 2 amide bonds. The molecule has 0 saturated heterocycles. The summed E-state index contributed by atoms with van der Waals surface area (Å²) >= 11 is 0. The van der Waals surface area contributed by atoms with Crippen molar-refractivity contribution < 1.29 is 22.8 Å². The molecule has 0 spiro atoms.